The van der Waals surface area contributed by atoms with Crippen LogP contribution in [0.1, 0.15) is 61.7 Å². The van der Waals surface area contributed by atoms with Gasteiger partial charge in [-0.15, -0.1) is 0 Å². The summed E-state index contributed by atoms with van der Waals surface area (Å²) in [6.07, 6.45) is 9.99. The van der Waals surface area contributed by atoms with Crippen LogP contribution in [-0.2, 0) is 11.8 Å². The van der Waals surface area contributed by atoms with Crippen LogP contribution in [0.15, 0.2) is 12.4 Å². The third-order valence-electron chi connectivity index (χ3n) is 4.54. The third-order valence-corrected chi connectivity index (χ3v) is 4.54. The SMILES string of the molecule is Cn1cc(NC(=O)CCC2CCCC(O)CCC2)c(C(=O)O)c1. The number of carbonyl (C=O) groups excluding carboxylic acids is 1. The second-order valence-corrected chi connectivity index (χ2v) is 6.52. The number of amides is 1. The Morgan fingerprint density at radius 1 is 1.22 bits per heavy atom. The summed E-state index contributed by atoms with van der Waals surface area (Å²) in [4.78, 5) is 23.2. The molecule has 23 heavy (non-hydrogen) atoms. The van der Waals surface area contributed by atoms with Gasteiger partial charge in [0.05, 0.1) is 11.8 Å². The van der Waals surface area contributed by atoms with E-state index in [4.69, 9.17) is 5.11 Å². The van der Waals surface area contributed by atoms with Crippen LogP contribution < -0.4 is 5.32 Å². The van der Waals surface area contributed by atoms with Crippen molar-refractivity contribution in [2.75, 3.05) is 5.32 Å². The van der Waals surface area contributed by atoms with Crippen LogP contribution >= 0.6 is 0 Å². The van der Waals surface area contributed by atoms with Crippen LogP contribution in [0, 0.1) is 5.92 Å². The van der Waals surface area contributed by atoms with Gasteiger partial charge in [-0.3, -0.25) is 4.79 Å². The summed E-state index contributed by atoms with van der Waals surface area (Å²) in [7, 11) is 1.73. The Morgan fingerprint density at radius 3 is 2.48 bits per heavy atom. The maximum Gasteiger partial charge on any atom is 0.339 e. The zero-order chi connectivity index (χ0) is 16.8. The second kappa shape index (κ2) is 8.15. The van der Waals surface area contributed by atoms with Gasteiger partial charge in [-0.2, -0.15) is 0 Å². The summed E-state index contributed by atoms with van der Waals surface area (Å²) in [6, 6.07) is 0. The highest BCUT2D eigenvalue weighted by atomic mass is 16.4. The average Bonchev–Trinajstić information content (AvgIpc) is 2.82. The van der Waals surface area contributed by atoms with Crippen molar-refractivity contribution in [3.8, 4) is 0 Å². The van der Waals surface area contributed by atoms with Crippen molar-refractivity contribution in [3.05, 3.63) is 18.0 Å². The van der Waals surface area contributed by atoms with Gasteiger partial charge in [0.25, 0.3) is 0 Å². The van der Waals surface area contributed by atoms with Crippen LogP contribution in [0.3, 0.4) is 0 Å². The summed E-state index contributed by atoms with van der Waals surface area (Å²) in [5, 5.41) is 21.5. The van der Waals surface area contributed by atoms with Crippen molar-refractivity contribution in [3.63, 3.8) is 0 Å². The van der Waals surface area contributed by atoms with E-state index in [1.54, 1.807) is 17.8 Å². The van der Waals surface area contributed by atoms with Crippen LogP contribution in [-0.4, -0.2) is 32.8 Å². The standard InChI is InChI=1S/C17H26N2O4/c1-19-10-14(17(22)23)15(11-19)18-16(21)9-8-12-4-2-6-13(20)7-3-5-12/h10-13,20H,2-9H2,1H3,(H,18,21)(H,22,23). The minimum atomic E-state index is -1.04. The Balaban J connectivity index is 1.82. The largest absolute Gasteiger partial charge is 0.478 e. The lowest BCUT2D eigenvalue weighted by molar-refractivity contribution is -0.116. The van der Waals surface area contributed by atoms with Crippen LogP contribution in [0.4, 0.5) is 5.69 Å². The van der Waals surface area contributed by atoms with Crippen molar-refractivity contribution in [2.45, 2.75) is 57.5 Å². The van der Waals surface area contributed by atoms with Gasteiger partial charge in [0, 0.05) is 25.9 Å². The maximum absolute atomic E-state index is 12.1. The molecule has 1 fully saturated rings. The van der Waals surface area contributed by atoms with Gasteiger partial charge < -0.3 is 20.1 Å². The number of anilines is 1. The lowest BCUT2D eigenvalue weighted by Gasteiger charge is -2.21. The van der Waals surface area contributed by atoms with Crippen molar-refractivity contribution < 1.29 is 19.8 Å². The molecule has 1 saturated carbocycles. The predicted molar refractivity (Wildman–Crippen MR) is 87.4 cm³/mol. The first-order valence-electron chi connectivity index (χ1n) is 8.33. The van der Waals surface area contributed by atoms with Gasteiger partial charge in [-0.05, 0) is 25.2 Å². The normalized spacial score (nSPS) is 22.2. The topological polar surface area (TPSA) is 91.6 Å². The highest BCUT2D eigenvalue weighted by Crippen LogP contribution is 2.26. The molecule has 1 aromatic heterocycles. The molecule has 128 valence electrons. The molecule has 3 N–H and O–H groups in total. The van der Waals surface area contributed by atoms with E-state index >= 15 is 0 Å². The smallest absolute Gasteiger partial charge is 0.339 e. The fourth-order valence-corrected chi connectivity index (χ4v) is 3.26. The molecular weight excluding hydrogens is 296 g/mol. The molecule has 0 atom stereocenters. The van der Waals surface area contributed by atoms with Crippen LogP contribution in [0.2, 0.25) is 0 Å². The number of aliphatic hydroxyl groups excluding tert-OH is 1. The molecule has 1 amide bonds. The van der Waals surface area contributed by atoms with E-state index in [1.165, 1.54) is 6.20 Å². The molecule has 1 aliphatic carbocycles. The number of nitrogens with one attached hydrogen (secondary N) is 1. The van der Waals surface area contributed by atoms with Crippen LogP contribution in [0.5, 0.6) is 0 Å². The van der Waals surface area contributed by atoms with E-state index in [2.05, 4.69) is 5.32 Å². The number of hydrogen-bond acceptors (Lipinski definition) is 3. The number of aryl methyl sites for hydroxylation is 1. The molecule has 0 bridgehead atoms. The number of aliphatic hydroxyl groups is 1. The number of hydrogen-bond donors (Lipinski definition) is 3. The number of aromatic carboxylic acids is 1. The molecule has 0 radical (unpaired) electrons. The summed E-state index contributed by atoms with van der Waals surface area (Å²) >= 11 is 0. The molecule has 6 nitrogen and oxygen atoms in total. The molecular formula is C17H26N2O4. The van der Waals surface area contributed by atoms with Gasteiger partial charge in [0.1, 0.15) is 5.56 Å². The lowest BCUT2D eigenvalue weighted by Crippen LogP contribution is -2.17. The maximum atomic E-state index is 12.1. The van der Waals surface area contributed by atoms with E-state index in [0.717, 1.165) is 44.9 Å². The predicted octanol–water partition coefficient (Wildman–Crippen LogP) is 2.77. The lowest BCUT2D eigenvalue weighted by atomic mass is 9.87. The molecule has 0 unspecified atom stereocenters. The summed E-state index contributed by atoms with van der Waals surface area (Å²) in [5.41, 5.74) is 0.464. The van der Waals surface area contributed by atoms with Gasteiger partial charge in [0.2, 0.25) is 5.91 Å². The molecule has 0 spiro atoms. The Hall–Kier alpha value is -1.82. The quantitative estimate of drug-likeness (QED) is 0.777. The van der Waals surface area contributed by atoms with Gasteiger partial charge in [-0.25, -0.2) is 4.79 Å². The molecule has 1 aromatic rings. The fourth-order valence-electron chi connectivity index (χ4n) is 3.26. The third kappa shape index (κ3) is 5.39. The Kier molecular flexibility index (Phi) is 6.21. The average molecular weight is 322 g/mol. The van der Waals surface area contributed by atoms with Crippen molar-refractivity contribution in [2.24, 2.45) is 13.0 Å². The first-order valence-corrected chi connectivity index (χ1v) is 8.33. The first-order chi connectivity index (χ1) is 11.0. The fraction of sp³-hybridized carbons (Fsp3) is 0.647. The highest BCUT2D eigenvalue weighted by molar-refractivity contribution is 6.00. The summed E-state index contributed by atoms with van der Waals surface area (Å²) in [5.74, 6) is -0.664. The Bertz CT molecular complexity index is 543. The van der Waals surface area contributed by atoms with E-state index in [9.17, 15) is 14.7 Å². The molecule has 1 heterocycles. The van der Waals surface area contributed by atoms with Gasteiger partial charge in [-0.1, -0.05) is 25.7 Å². The number of carboxylic acid groups (broad SMARTS) is 1. The number of nitrogens with zero attached hydrogens (tertiary/aromatic N) is 1. The number of carbonyl (C=O) groups is 2. The van der Waals surface area contributed by atoms with Crippen LogP contribution in [0.25, 0.3) is 0 Å². The van der Waals surface area contributed by atoms with Gasteiger partial charge in [0.15, 0.2) is 0 Å². The zero-order valence-corrected chi connectivity index (χ0v) is 13.6. The van der Waals surface area contributed by atoms with Crippen molar-refractivity contribution >= 4 is 17.6 Å². The number of aromatic nitrogens is 1. The highest BCUT2D eigenvalue weighted by Gasteiger charge is 2.18. The van der Waals surface area contributed by atoms with E-state index < -0.39 is 5.97 Å². The van der Waals surface area contributed by atoms with E-state index in [-0.39, 0.29) is 17.6 Å². The molecule has 0 aromatic carbocycles. The number of rotatable bonds is 5. The van der Waals surface area contributed by atoms with Crippen molar-refractivity contribution in [1.82, 2.24) is 4.57 Å². The zero-order valence-electron chi connectivity index (χ0n) is 13.6. The Morgan fingerprint density at radius 2 is 1.87 bits per heavy atom. The monoisotopic (exact) mass is 322 g/mol. The van der Waals surface area contributed by atoms with Crippen molar-refractivity contribution in [1.29, 1.82) is 0 Å². The molecule has 2 rings (SSSR count). The minimum Gasteiger partial charge on any atom is -0.478 e. The molecule has 6 heteroatoms. The second-order valence-electron chi connectivity index (χ2n) is 6.52. The first kappa shape index (κ1) is 17.5. The molecule has 0 saturated heterocycles. The summed E-state index contributed by atoms with van der Waals surface area (Å²) < 4.78 is 1.62. The minimum absolute atomic E-state index is 0.112. The number of carboxylic acids is 1. The Labute approximate surface area is 136 Å². The summed E-state index contributed by atoms with van der Waals surface area (Å²) in [6.45, 7) is 0. The van der Waals surface area contributed by atoms with E-state index in [1.807, 2.05) is 0 Å². The molecule has 1 aliphatic rings. The van der Waals surface area contributed by atoms with Gasteiger partial charge >= 0.3 is 5.97 Å². The van der Waals surface area contributed by atoms with E-state index in [0.29, 0.717) is 18.0 Å². The molecule has 0 aliphatic heterocycles.